The molecule has 0 bridgehead atoms. The molecule has 0 unspecified atom stereocenters. The standard InChI is InChI=1S/C21H24O2/c1-16-5-3-7-18-15-20(12-13-21(16)18)23-14-4-6-17-8-10-19(22-2)11-9-17/h5,8-13,15H,3-4,6-7,14H2,1-2H3. The molecular formula is C21H24O2. The van der Waals surface area contributed by atoms with Crippen LogP contribution in [-0.4, -0.2) is 13.7 Å². The molecule has 0 N–H and O–H groups in total. The number of benzene rings is 2. The van der Waals surface area contributed by atoms with Gasteiger partial charge in [0.05, 0.1) is 13.7 Å². The number of aryl methyl sites for hydroxylation is 2. The zero-order valence-electron chi connectivity index (χ0n) is 14.0. The minimum absolute atomic E-state index is 0.750. The Balaban J connectivity index is 1.50. The minimum Gasteiger partial charge on any atom is -0.497 e. The molecule has 23 heavy (non-hydrogen) atoms. The Kier molecular flexibility index (Phi) is 5.02. The van der Waals surface area contributed by atoms with Crippen molar-refractivity contribution in [2.24, 2.45) is 0 Å². The molecule has 3 rings (SSSR count). The molecule has 0 amide bonds. The van der Waals surface area contributed by atoms with E-state index in [0.717, 1.165) is 43.8 Å². The van der Waals surface area contributed by atoms with Crippen LogP contribution in [0.2, 0.25) is 0 Å². The Hall–Kier alpha value is -2.22. The summed E-state index contributed by atoms with van der Waals surface area (Å²) in [5, 5.41) is 0. The summed E-state index contributed by atoms with van der Waals surface area (Å²) < 4.78 is 11.1. The van der Waals surface area contributed by atoms with Crippen molar-refractivity contribution < 1.29 is 9.47 Å². The predicted octanol–water partition coefficient (Wildman–Crippen LogP) is 5.06. The van der Waals surface area contributed by atoms with E-state index in [2.05, 4.69) is 43.3 Å². The van der Waals surface area contributed by atoms with Crippen molar-refractivity contribution in [1.29, 1.82) is 0 Å². The summed E-state index contributed by atoms with van der Waals surface area (Å²) in [6.45, 7) is 2.94. The lowest BCUT2D eigenvalue weighted by molar-refractivity contribution is 0.310. The first kappa shape index (κ1) is 15.7. The van der Waals surface area contributed by atoms with Crippen LogP contribution in [0.15, 0.2) is 48.5 Å². The molecule has 1 aliphatic rings. The van der Waals surface area contributed by atoms with Crippen LogP contribution in [0.4, 0.5) is 0 Å². The average Bonchev–Trinajstić information content (AvgIpc) is 2.59. The second-order valence-corrected chi connectivity index (χ2v) is 6.04. The fraction of sp³-hybridized carbons (Fsp3) is 0.333. The first-order chi connectivity index (χ1) is 11.3. The fourth-order valence-electron chi connectivity index (χ4n) is 3.06. The summed E-state index contributed by atoms with van der Waals surface area (Å²) in [6.07, 6.45) is 6.62. The van der Waals surface area contributed by atoms with Crippen LogP contribution in [0.25, 0.3) is 5.57 Å². The Morgan fingerprint density at radius 1 is 1.00 bits per heavy atom. The van der Waals surface area contributed by atoms with Gasteiger partial charge in [-0.05, 0) is 79.1 Å². The van der Waals surface area contributed by atoms with Gasteiger partial charge in [0, 0.05) is 0 Å². The van der Waals surface area contributed by atoms with Crippen molar-refractivity contribution in [2.45, 2.75) is 32.6 Å². The van der Waals surface area contributed by atoms with E-state index in [0.29, 0.717) is 0 Å². The molecule has 0 fully saturated rings. The summed E-state index contributed by atoms with van der Waals surface area (Å²) in [7, 11) is 1.69. The Morgan fingerprint density at radius 3 is 2.57 bits per heavy atom. The Morgan fingerprint density at radius 2 is 1.78 bits per heavy atom. The second kappa shape index (κ2) is 7.36. The van der Waals surface area contributed by atoms with Gasteiger partial charge in [-0.15, -0.1) is 0 Å². The van der Waals surface area contributed by atoms with Crippen LogP contribution in [-0.2, 0) is 12.8 Å². The number of ether oxygens (including phenoxy) is 2. The van der Waals surface area contributed by atoms with E-state index in [9.17, 15) is 0 Å². The zero-order valence-corrected chi connectivity index (χ0v) is 14.0. The highest BCUT2D eigenvalue weighted by atomic mass is 16.5. The summed E-state index contributed by atoms with van der Waals surface area (Å²) in [6, 6.07) is 14.7. The lowest BCUT2D eigenvalue weighted by atomic mass is 9.92. The summed E-state index contributed by atoms with van der Waals surface area (Å²) in [5.41, 5.74) is 5.50. The van der Waals surface area contributed by atoms with Crippen LogP contribution < -0.4 is 9.47 Å². The molecule has 0 saturated heterocycles. The molecular weight excluding hydrogens is 284 g/mol. The monoisotopic (exact) mass is 308 g/mol. The predicted molar refractivity (Wildman–Crippen MR) is 95.2 cm³/mol. The van der Waals surface area contributed by atoms with Crippen molar-refractivity contribution in [3.8, 4) is 11.5 Å². The Bertz CT molecular complexity index is 683. The molecule has 2 heteroatoms. The molecule has 0 spiro atoms. The van der Waals surface area contributed by atoms with Gasteiger partial charge < -0.3 is 9.47 Å². The summed E-state index contributed by atoms with van der Waals surface area (Å²) >= 11 is 0. The van der Waals surface area contributed by atoms with E-state index >= 15 is 0 Å². The number of hydrogen-bond acceptors (Lipinski definition) is 2. The first-order valence-electron chi connectivity index (χ1n) is 8.32. The molecule has 2 nitrogen and oxygen atoms in total. The number of rotatable bonds is 6. The van der Waals surface area contributed by atoms with E-state index in [1.54, 1.807) is 7.11 Å². The maximum atomic E-state index is 5.93. The molecule has 0 aliphatic heterocycles. The third kappa shape index (κ3) is 3.95. The van der Waals surface area contributed by atoms with Gasteiger partial charge in [0.1, 0.15) is 11.5 Å². The SMILES string of the molecule is COc1ccc(CCCOc2ccc3c(c2)CCC=C3C)cc1. The third-order valence-electron chi connectivity index (χ3n) is 4.40. The van der Waals surface area contributed by atoms with Crippen molar-refractivity contribution in [2.75, 3.05) is 13.7 Å². The molecule has 2 aromatic carbocycles. The number of fused-ring (bicyclic) bond motifs is 1. The van der Waals surface area contributed by atoms with Crippen molar-refractivity contribution >= 4 is 5.57 Å². The molecule has 1 aliphatic carbocycles. The number of allylic oxidation sites excluding steroid dienone is 2. The molecule has 2 aromatic rings. The molecule has 0 heterocycles. The number of methoxy groups -OCH3 is 1. The highest BCUT2D eigenvalue weighted by Gasteiger charge is 2.10. The largest absolute Gasteiger partial charge is 0.497 e. The van der Waals surface area contributed by atoms with Crippen LogP contribution >= 0.6 is 0 Å². The van der Waals surface area contributed by atoms with Crippen LogP contribution in [0.3, 0.4) is 0 Å². The van der Waals surface area contributed by atoms with E-state index in [4.69, 9.17) is 9.47 Å². The first-order valence-corrected chi connectivity index (χ1v) is 8.32. The number of hydrogen-bond donors (Lipinski definition) is 0. The highest BCUT2D eigenvalue weighted by Crippen LogP contribution is 2.29. The molecule has 0 saturated carbocycles. The van der Waals surface area contributed by atoms with Crippen LogP contribution in [0.5, 0.6) is 11.5 Å². The molecule has 0 aromatic heterocycles. The maximum Gasteiger partial charge on any atom is 0.119 e. The molecule has 120 valence electrons. The van der Waals surface area contributed by atoms with E-state index < -0.39 is 0 Å². The van der Waals surface area contributed by atoms with Gasteiger partial charge in [-0.1, -0.05) is 24.3 Å². The lowest BCUT2D eigenvalue weighted by Crippen LogP contribution is -2.02. The second-order valence-electron chi connectivity index (χ2n) is 6.04. The van der Waals surface area contributed by atoms with Crippen molar-refractivity contribution in [1.82, 2.24) is 0 Å². The lowest BCUT2D eigenvalue weighted by Gasteiger charge is -2.16. The van der Waals surface area contributed by atoms with Gasteiger partial charge in [0.25, 0.3) is 0 Å². The van der Waals surface area contributed by atoms with Crippen LogP contribution in [0, 0.1) is 0 Å². The van der Waals surface area contributed by atoms with E-state index in [1.165, 1.54) is 22.3 Å². The van der Waals surface area contributed by atoms with Gasteiger partial charge in [-0.25, -0.2) is 0 Å². The van der Waals surface area contributed by atoms with Gasteiger partial charge >= 0.3 is 0 Å². The van der Waals surface area contributed by atoms with Gasteiger partial charge in [-0.2, -0.15) is 0 Å². The topological polar surface area (TPSA) is 18.5 Å². The Labute approximate surface area is 138 Å². The zero-order chi connectivity index (χ0) is 16.1. The van der Waals surface area contributed by atoms with Crippen LogP contribution in [0.1, 0.15) is 36.5 Å². The van der Waals surface area contributed by atoms with Gasteiger partial charge in [0.15, 0.2) is 0 Å². The third-order valence-corrected chi connectivity index (χ3v) is 4.40. The normalized spacial score (nSPS) is 13.2. The average molecular weight is 308 g/mol. The quantitative estimate of drug-likeness (QED) is 0.695. The van der Waals surface area contributed by atoms with Crippen molar-refractivity contribution in [3.63, 3.8) is 0 Å². The summed E-state index contributed by atoms with van der Waals surface area (Å²) in [4.78, 5) is 0. The summed E-state index contributed by atoms with van der Waals surface area (Å²) in [5.74, 6) is 1.90. The smallest absolute Gasteiger partial charge is 0.119 e. The van der Waals surface area contributed by atoms with Gasteiger partial charge in [-0.3, -0.25) is 0 Å². The fourth-order valence-corrected chi connectivity index (χ4v) is 3.06. The molecule has 0 radical (unpaired) electrons. The maximum absolute atomic E-state index is 5.93. The van der Waals surface area contributed by atoms with E-state index in [1.807, 2.05) is 12.1 Å². The molecule has 0 atom stereocenters. The minimum atomic E-state index is 0.750. The van der Waals surface area contributed by atoms with Gasteiger partial charge in [0.2, 0.25) is 0 Å². The van der Waals surface area contributed by atoms with E-state index in [-0.39, 0.29) is 0 Å². The van der Waals surface area contributed by atoms with Crippen molar-refractivity contribution in [3.05, 3.63) is 65.2 Å². The highest BCUT2D eigenvalue weighted by molar-refractivity contribution is 5.69.